The predicted molar refractivity (Wildman–Crippen MR) is 120 cm³/mol. The van der Waals surface area contributed by atoms with Crippen LogP contribution >= 0.6 is 23.4 Å². The lowest BCUT2D eigenvalue weighted by atomic mass is 10.1. The lowest BCUT2D eigenvalue weighted by molar-refractivity contribution is -0.118. The molecule has 4 rings (SSSR count). The minimum Gasteiger partial charge on any atom is -0.467 e. The molecule has 0 fully saturated rings. The number of carbonyl (C=O) groups excluding carboxylic acids is 1. The van der Waals surface area contributed by atoms with Gasteiger partial charge in [0.15, 0.2) is 0 Å². The molecule has 0 aliphatic heterocycles. The number of hydrogen-bond acceptors (Lipinski definition) is 4. The van der Waals surface area contributed by atoms with Crippen LogP contribution < -0.4 is 5.32 Å². The average Bonchev–Trinajstić information content (AvgIpc) is 3.42. The number of nitrogens with zero attached hydrogens (tertiary/aromatic N) is 1. The third-order valence-corrected chi connectivity index (χ3v) is 5.74. The zero-order valence-corrected chi connectivity index (χ0v) is 17.9. The maximum Gasteiger partial charge on any atom is 0.230 e. The van der Waals surface area contributed by atoms with Crippen LogP contribution in [-0.2, 0) is 11.3 Å². The molecule has 0 saturated heterocycles. The van der Waals surface area contributed by atoms with Crippen LogP contribution in [0.4, 0.5) is 0 Å². The largest absolute Gasteiger partial charge is 0.467 e. The molecular formula is C23H20ClN3O2S. The van der Waals surface area contributed by atoms with Gasteiger partial charge in [0.1, 0.15) is 16.6 Å². The van der Waals surface area contributed by atoms with Gasteiger partial charge in [-0.3, -0.25) is 4.79 Å². The predicted octanol–water partition coefficient (Wildman–Crippen LogP) is 5.71. The molecule has 0 bridgehead atoms. The van der Waals surface area contributed by atoms with Gasteiger partial charge in [-0.1, -0.05) is 53.2 Å². The van der Waals surface area contributed by atoms with Crippen molar-refractivity contribution in [1.29, 1.82) is 0 Å². The van der Waals surface area contributed by atoms with Gasteiger partial charge >= 0.3 is 0 Å². The van der Waals surface area contributed by atoms with E-state index in [0.717, 1.165) is 33.4 Å². The number of carbonyl (C=O) groups is 1. The van der Waals surface area contributed by atoms with E-state index in [1.165, 1.54) is 17.3 Å². The molecule has 2 N–H and O–H groups in total. The first-order valence-electron chi connectivity index (χ1n) is 9.43. The second kappa shape index (κ2) is 9.24. The fourth-order valence-corrected chi connectivity index (χ4v) is 3.87. The summed E-state index contributed by atoms with van der Waals surface area (Å²) in [5, 5.41) is 4.31. The summed E-state index contributed by atoms with van der Waals surface area (Å²) < 4.78 is 5.25. The number of H-pyrrole nitrogens is 1. The Bertz CT molecular complexity index is 1120. The van der Waals surface area contributed by atoms with Crippen molar-refractivity contribution in [3.05, 3.63) is 83.3 Å². The highest BCUT2D eigenvalue weighted by Gasteiger charge is 2.16. The van der Waals surface area contributed by atoms with Crippen LogP contribution in [0.2, 0.25) is 5.02 Å². The van der Waals surface area contributed by atoms with Crippen molar-refractivity contribution in [2.45, 2.75) is 18.5 Å². The summed E-state index contributed by atoms with van der Waals surface area (Å²) in [4.78, 5) is 20.5. The number of nitrogens with one attached hydrogen (secondary N) is 2. The Morgan fingerprint density at radius 2 is 1.83 bits per heavy atom. The zero-order valence-electron chi connectivity index (χ0n) is 16.3. The molecular weight excluding hydrogens is 418 g/mol. The molecule has 0 unspecified atom stereocenters. The molecule has 0 aliphatic rings. The van der Waals surface area contributed by atoms with E-state index in [-0.39, 0.29) is 11.7 Å². The molecule has 0 atom stereocenters. The number of benzene rings is 2. The van der Waals surface area contributed by atoms with E-state index in [1.54, 1.807) is 12.3 Å². The number of hydrogen-bond donors (Lipinski definition) is 2. The molecule has 1 amide bonds. The summed E-state index contributed by atoms with van der Waals surface area (Å²) in [6.07, 6.45) is 1.59. The van der Waals surface area contributed by atoms with Crippen LogP contribution in [0.1, 0.15) is 11.3 Å². The van der Waals surface area contributed by atoms with Crippen LogP contribution in [0.25, 0.3) is 22.6 Å². The van der Waals surface area contributed by atoms with Gasteiger partial charge in [0.25, 0.3) is 0 Å². The minimum absolute atomic E-state index is 0.0812. The van der Waals surface area contributed by atoms with Crippen molar-refractivity contribution in [3.63, 3.8) is 0 Å². The van der Waals surface area contributed by atoms with E-state index in [0.29, 0.717) is 11.6 Å². The lowest BCUT2D eigenvalue weighted by Gasteiger charge is -2.04. The molecule has 0 spiro atoms. The number of amides is 1. The molecule has 0 radical (unpaired) electrons. The van der Waals surface area contributed by atoms with Gasteiger partial charge in [0, 0.05) is 16.1 Å². The number of rotatable bonds is 7. The summed E-state index contributed by atoms with van der Waals surface area (Å²) in [6.45, 7) is 2.42. The van der Waals surface area contributed by atoms with E-state index in [2.05, 4.69) is 41.5 Å². The standard InChI is InChI=1S/C23H20ClN3O2S/c1-15-4-6-16(7-5-15)21-23(27-22(26-21)17-8-10-18(24)11-9-17)30-14-20(28)25-13-19-3-2-12-29-19/h2-12H,13-14H2,1H3,(H,25,28)(H,26,27). The number of aromatic nitrogens is 2. The molecule has 2 aromatic carbocycles. The quantitative estimate of drug-likeness (QED) is 0.363. The Kier molecular flexibility index (Phi) is 6.26. The highest BCUT2D eigenvalue weighted by molar-refractivity contribution is 8.00. The first-order valence-corrected chi connectivity index (χ1v) is 10.8. The van der Waals surface area contributed by atoms with Crippen LogP contribution in [0, 0.1) is 6.92 Å². The second-order valence-corrected chi connectivity index (χ2v) is 8.18. The van der Waals surface area contributed by atoms with E-state index in [9.17, 15) is 4.79 Å². The molecule has 30 heavy (non-hydrogen) atoms. The smallest absolute Gasteiger partial charge is 0.230 e. The zero-order chi connectivity index (χ0) is 20.9. The van der Waals surface area contributed by atoms with Crippen LogP contribution in [0.5, 0.6) is 0 Å². The molecule has 0 saturated carbocycles. The molecule has 2 heterocycles. The molecule has 152 valence electrons. The maximum absolute atomic E-state index is 12.3. The van der Waals surface area contributed by atoms with Gasteiger partial charge in [-0.25, -0.2) is 4.98 Å². The van der Waals surface area contributed by atoms with Gasteiger partial charge < -0.3 is 14.7 Å². The summed E-state index contributed by atoms with van der Waals surface area (Å²) >= 11 is 7.41. The number of imidazole rings is 1. The number of thioether (sulfide) groups is 1. The van der Waals surface area contributed by atoms with Crippen molar-refractivity contribution in [2.75, 3.05) is 5.75 Å². The second-order valence-electron chi connectivity index (χ2n) is 6.78. The van der Waals surface area contributed by atoms with Crippen molar-refractivity contribution in [1.82, 2.24) is 15.3 Å². The highest BCUT2D eigenvalue weighted by Crippen LogP contribution is 2.33. The van der Waals surface area contributed by atoms with Gasteiger partial charge in [-0.05, 0) is 43.3 Å². The summed E-state index contributed by atoms with van der Waals surface area (Å²) in [5.74, 6) is 1.63. The highest BCUT2D eigenvalue weighted by atomic mass is 35.5. The SMILES string of the molecule is Cc1ccc(-c2[nH]c(-c3ccc(Cl)cc3)nc2SCC(=O)NCc2ccco2)cc1. The van der Waals surface area contributed by atoms with E-state index in [1.807, 2.05) is 30.3 Å². The van der Waals surface area contributed by atoms with E-state index >= 15 is 0 Å². The average molecular weight is 438 g/mol. The number of aryl methyl sites for hydroxylation is 1. The van der Waals surface area contributed by atoms with E-state index in [4.69, 9.17) is 21.0 Å². The van der Waals surface area contributed by atoms with Gasteiger partial charge in [-0.15, -0.1) is 0 Å². The van der Waals surface area contributed by atoms with Crippen molar-refractivity contribution < 1.29 is 9.21 Å². The molecule has 7 heteroatoms. The Morgan fingerprint density at radius 1 is 1.10 bits per heavy atom. The summed E-state index contributed by atoms with van der Waals surface area (Å²) in [7, 11) is 0. The van der Waals surface area contributed by atoms with Crippen molar-refractivity contribution >= 4 is 29.3 Å². The summed E-state index contributed by atoms with van der Waals surface area (Å²) in [6, 6.07) is 19.4. The van der Waals surface area contributed by atoms with Crippen LogP contribution in [0.3, 0.4) is 0 Å². The third-order valence-electron chi connectivity index (χ3n) is 4.51. The topological polar surface area (TPSA) is 70.9 Å². The normalized spacial score (nSPS) is 10.9. The Labute approximate surface area is 183 Å². The number of furan rings is 1. The van der Waals surface area contributed by atoms with Gasteiger partial charge in [0.2, 0.25) is 5.91 Å². The molecule has 2 aromatic heterocycles. The monoisotopic (exact) mass is 437 g/mol. The van der Waals surface area contributed by atoms with Crippen molar-refractivity contribution in [3.8, 4) is 22.6 Å². The number of halogens is 1. The lowest BCUT2D eigenvalue weighted by Crippen LogP contribution is -2.24. The Morgan fingerprint density at radius 3 is 2.53 bits per heavy atom. The van der Waals surface area contributed by atoms with Crippen LogP contribution in [-0.4, -0.2) is 21.6 Å². The maximum atomic E-state index is 12.3. The first kappa shape index (κ1) is 20.3. The van der Waals surface area contributed by atoms with Crippen LogP contribution in [0.15, 0.2) is 76.4 Å². The van der Waals surface area contributed by atoms with Crippen molar-refractivity contribution in [2.24, 2.45) is 0 Å². The first-order chi connectivity index (χ1) is 14.6. The fraction of sp³-hybridized carbons (Fsp3) is 0.130. The molecule has 5 nitrogen and oxygen atoms in total. The number of aromatic amines is 1. The van der Waals surface area contributed by atoms with Gasteiger partial charge in [-0.2, -0.15) is 0 Å². The van der Waals surface area contributed by atoms with E-state index < -0.39 is 0 Å². The Hall–Kier alpha value is -2.96. The Balaban J connectivity index is 1.54. The minimum atomic E-state index is -0.0812. The third kappa shape index (κ3) is 4.96. The molecule has 4 aromatic rings. The fourth-order valence-electron chi connectivity index (χ4n) is 2.91. The molecule has 0 aliphatic carbocycles. The summed E-state index contributed by atoms with van der Waals surface area (Å²) in [5.41, 5.74) is 4.03. The van der Waals surface area contributed by atoms with Gasteiger partial charge in [0.05, 0.1) is 24.3 Å².